The van der Waals surface area contributed by atoms with Crippen LogP contribution in [0.2, 0.25) is 0 Å². The van der Waals surface area contributed by atoms with E-state index in [2.05, 4.69) is 21.2 Å². The first-order valence-corrected chi connectivity index (χ1v) is 6.78. The van der Waals surface area contributed by atoms with Gasteiger partial charge in [0.2, 0.25) is 0 Å². The Kier molecular flexibility index (Phi) is 4.35. The summed E-state index contributed by atoms with van der Waals surface area (Å²) in [5.41, 5.74) is 0.0352. The van der Waals surface area contributed by atoms with Gasteiger partial charge < -0.3 is 10.4 Å². The molecule has 0 aromatic heterocycles. The van der Waals surface area contributed by atoms with Gasteiger partial charge in [0.15, 0.2) is 0 Å². The number of carbonyl (C=O) groups is 1. The molecule has 0 saturated heterocycles. The maximum atomic E-state index is 13.7. The molecule has 0 aliphatic heterocycles. The number of aliphatic hydroxyl groups is 1. The fourth-order valence-corrected chi connectivity index (χ4v) is 2.74. The highest BCUT2D eigenvalue weighted by molar-refractivity contribution is 9.10. The Morgan fingerprint density at radius 3 is 3.00 bits per heavy atom. The van der Waals surface area contributed by atoms with Crippen molar-refractivity contribution in [2.24, 2.45) is 5.92 Å². The number of aliphatic hydroxyl groups excluding tert-OH is 1. The third-order valence-corrected chi connectivity index (χ3v) is 4.02. The molecular weight excluding hydrogens is 301 g/mol. The summed E-state index contributed by atoms with van der Waals surface area (Å²) in [4.78, 5) is 12.0. The summed E-state index contributed by atoms with van der Waals surface area (Å²) in [6.45, 7) is 0.0614. The minimum Gasteiger partial charge on any atom is -0.396 e. The van der Waals surface area contributed by atoms with Crippen molar-refractivity contribution >= 4 is 21.8 Å². The van der Waals surface area contributed by atoms with Gasteiger partial charge in [-0.1, -0.05) is 12.5 Å². The highest BCUT2D eigenvalue weighted by Gasteiger charge is 2.28. The van der Waals surface area contributed by atoms with Crippen LogP contribution < -0.4 is 5.32 Å². The average Bonchev–Trinajstić information content (AvgIpc) is 2.79. The molecule has 0 heterocycles. The van der Waals surface area contributed by atoms with E-state index in [1.807, 2.05) is 0 Å². The topological polar surface area (TPSA) is 49.3 Å². The zero-order valence-electron chi connectivity index (χ0n) is 9.83. The third kappa shape index (κ3) is 2.72. The molecule has 3 nitrogen and oxygen atoms in total. The first kappa shape index (κ1) is 13.5. The molecule has 2 N–H and O–H groups in total. The lowest BCUT2D eigenvalue weighted by Crippen LogP contribution is -2.38. The third-order valence-electron chi connectivity index (χ3n) is 3.41. The molecule has 98 valence electrons. The van der Waals surface area contributed by atoms with Crippen molar-refractivity contribution < 1.29 is 14.3 Å². The molecule has 1 aromatic carbocycles. The molecule has 1 aromatic rings. The van der Waals surface area contributed by atoms with Crippen LogP contribution in [0.15, 0.2) is 22.7 Å². The van der Waals surface area contributed by atoms with Crippen molar-refractivity contribution in [2.45, 2.75) is 25.3 Å². The molecule has 2 rings (SSSR count). The SMILES string of the molecule is O=C(NC1CCCC1CO)c1cccc(Br)c1F. The molecule has 1 saturated carbocycles. The van der Waals surface area contributed by atoms with Crippen molar-refractivity contribution in [1.29, 1.82) is 0 Å². The number of halogens is 2. The lowest BCUT2D eigenvalue weighted by Gasteiger charge is -2.19. The maximum absolute atomic E-state index is 13.7. The van der Waals surface area contributed by atoms with Gasteiger partial charge in [-0.25, -0.2) is 4.39 Å². The summed E-state index contributed by atoms with van der Waals surface area (Å²) < 4.78 is 14.0. The second-order valence-corrected chi connectivity index (χ2v) is 5.41. The molecule has 0 bridgehead atoms. The first-order chi connectivity index (χ1) is 8.63. The Morgan fingerprint density at radius 2 is 2.28 bits per heavy atom. The standard InChI is InChI=1S/C13H15BrFNO2/c14-10-5-2-4-9(12(10)15)13(18)16-11-6-1-3-8(11)7-17/h2,4-5,8,11,17H,1,3,6-7H2,(H,16,18). The van der Waals surface area contributed by atoms with E-state index < -0.39 is 11.7 Å². The van der Waals surface area contributed by atoms with E-state index in [1.54, 1.807) is 12.1 Å². The molecule has 0 spiro atoms. The molecule has 2 atom stereocenters. The normalized spacial score (nSPS) is 23.1. The minimum absolute atomic E-state index is 0.0352. The zero-order valence-corrected chi connectivity index (χ0v) is 11.4. The largest absolute Gasteiger partial charge is 0.396 e. The van der Waals surface area contributed by atoms with Crippen LogP contribution in [0, 0.1) is 11.7 Å². The maximum Gasteiger partial charge on any atom is 0.254 e. The number of rotatable bonds is 3. The van der Waals surface area contributed by atoms with Crippen molar-refractivity contribution in [3.05, 3.63) is 34.1 Å². The Morgan fingerprint density at radius 1 is 1.50 bits per heavy atom. The summed E-state index contributed by atoms with van der Waals surface area (Å²) >= 11 is 3.06. The fraction of sp³-hybridized carbons (Fsp3) is 0.462. The number of amides is 1. The predicted molar refractivity (Wildman–Crippen MR) is 69.8 cm³/mol. The molecule has 1 aliphatic carbocycles. The van der Waals surface area contributed by atoms with E-state index in [9.17, 15) is 14.3 Å². The van der Waals surface area contributed by atoms with E-state index in [1.165, 1.54) is 6.07 Å². The Bertz CT molecular complexity index is 453. The number of hydrogen-bond donors (Lipinski definition) is 2. The second-order valence-electron chi connectivity index (χ2n) is 4.55. The summed E-state index contributed by atoms with van der Waals surface area (Å²) in [6.07, 6.45) is 2.73. The Hall–Kier alpha value is -0.940. The molecule has 5 heteroatoms. The van der Waals surface area contributed by atoms with Gasteiger partial charge in [0, 0.05) is 18.6 Å². The van der Waals surface area contributed by atoms with Crippen LogP contribution in [-0.4, -0.2) is 23.7 Å². The van der Waals surface area contributed by atoms with Gasteiger partial charge in [0.25, 0.3) is 5.91 Å². The van der Waals surface area contributed by atoms with Crippen LogP contribution in [0.5, 0.6) is 0 Å². The van der Waals surface area contributed by atoms with Gasteiger partial charge in [-0.05, 0) is 40.9 Å². The Balaban J connectivity index is 2.10. The van der Waals surface area contributed by atoms with Crippen molar-refractivity contribution in [3.63, 3.8) is 0 Å². The fourth-order valence-electron chi connectivity index (χ4n) is 2.37. The monoisotopic (exact) mass is 315 g/mol. The molecule has 18 heavy (non-hydrogen) atoms. The summed E-state index contributed by atoms with van der Waals surface area (Å²) in [5.74, 6) is -0.878. The van der Waals surface area contributed by atoms with Crippen molar-refractivity contribution in [1.82, 2.24) is 5.32 Å². The van der Waals surface area contributed by atoms with Crippen LogP contribution in [0.1, 0.15) is 29.6 Å². The molecular formula is C13H15BrFNO2. The molecule has 1 fully saturated rings. The van der Waals surface area contributed by atoms with E-state index in [0.717, 1.165) is 19.3 Å². The van der Waals surface area contributed by atoms with Crippen LogP contribution in [-0.2, 0) is 0 Å². The van der Waals surface area contributed by atoms with E-state index in [4.69, 9.17) is 0 Å². The smallest absolute Gasteiger partial charge is 0.254 e. The van der Waals surface area contributed by atoms with Gasteiger partial charge >= 0.3 is 0 Å². The van der Waals surface area contributed by atoms with Crippen molar-refractivity contribution in [2.75, 3.05) is 6.61 Å². The van der Waals surface area contributed by atoms with E-state index >= 15 is 0 Å². The van der Waals surface area contributed by atoms with Crippen LogP contribution in [0.3, 0.4) is 0 Å². The Labute approximate surface area is 114 Å². The summed E-state index contributed by atoms with van der Waals surface area (Å²) in [7, 11) is 0. The highest BCUT2D eigenvalue weighted by Crippen LogP contribution is 2.26. The van der Waals surface area contributed by atoms with Crippen LogP contribution >= 0.6 is 15.9 Å². The van der Waals surface area contributed by atoms with E-state index in [0.29, 0.717) is 0 Å². The van der Waals surface area contributed by atoms with Crippen LogP contribution in [0.25, 0.3) is 0 Å². The van der Waals surface area contributed by atoms with Crippen molar-refractivity contribution in [3.8, 4) is 0 Å². The van der Waals surface area contributed by atoms with Gasteiger partial charge in [-0.2, -0.15) is 0 Å². The second kappa shape index (κ2) is 5.80. The molecule has 0 radical (unpaired) electrons. The summed E-state index contributed by atoms with van der Waals surface area (Å²) in [6, 6.07) is 4.58. The van der Waals surface area contributed by atoms with Gasteiger partial charge in [-0.3, -0.25) is 4.79 Å². The van der Waals surface area contributed by atoms with Gasteiger partial charge in [0.05, 0.1) is 10.0 Å². The predicted octanol–water partition coefficient (Wildman–Crippen LogP) is 2.48. The summed E-state index contributed by atoms with van der Waals surface area (Å²) in [5, 5.41) is 12.0. The highest BCUT2D eigenvalue weighted by atomic mass is 79.9. The average molecular weight is 316 g/mol. The lowest BCUT2D eigenvalue weighted by molar-refractivity contribution is 0.0912. The number of hydrogen-bond acceptors (Lipinski definition) is 2. The number of carbonyl (C=O) groups excluding carboxylic acids is 1. The van der Waals surface area contributed by atoms with Gasteiger partial charge in [0.1, 0.15) is 5.82 Å². The number of benzene rings is 1. The zero-order chi connectivity index (χ0) is 13.1. The minimum atomic E-state index is -0.548. The quantitative estimate of drug-likeness (QED) is 0.900. The van der Waals surface area contributed by atoms with E-state index in [-0.39, 0.29) is 28.6 Å². The number of nitrogens with one attached hydrogen (secondary N) is 1. The molecule has 1 aliphatic rings. The first-order valence-electron chi connectivity index (χ1n) is 5.99. The molecule has 2 unspecified atom stereocenters. The van der Waals surface area contributed by atoms with Gasteiger partial charge in [-0.15, -0.1) is 0 Å². The lowest BCUT2D eigenvalue weighted by atomic mass is 10.0. The molecule has 1 amide bonds. The van der Waals surface area contributed by atoms with Crippen LogP contribution in [0.4, 0.5) is 4.39 Å².